The highest BCUT2D eigenvalue weighted by Crippen LogP contribution is 2.12. The molecule has 22 heavy (non-hydrogen) atoms. The number of hydrogen-bond donors (Lipinski definition) is 2. The fourth-order valence-corrected chi connectivity index (χ4v) is 2.12. The molecule has 2 N–H and O–H groups in total. The van der Waals surface area contributed by atoms with E-state index in [2.05, 4.69) is 15.6 Å². The van der Waals surface area contributed by atoms with Crippen LogP contribution in [0.5, 0.6) is 0 Å². The molecule has 5 nitrogen and oxygen atoms in total. The standard InChI is InChI=1S/C17H19N3O2/c1-3-19-16(21)13-10-14(9-12-7-5-4-6-8-12)20-15(11-13)17(22)18-2/h4-8,10-11H,3,9H2,1-2H3,(H,18,22)(H,19,21). The van der Waals surface area contributed by atoms with Crippen LogP contribution < -0.4 is 10.6 Å². The number of nitrogens with zero attached hydrogens (tertiary/aromatic N) is 1. The van der Waals surface area contributed by atoms with Gasteiger partial charge in [0.15, 0.2) is 0 Å². The first-order chi connectivity index (χ1) is 10.6. The maximum Gasteiger partial charge on any atom is 0.269 e. The van der Waals surface area contributed by atoms with Crippen molar-refractivity contribution < 1.29 is 9.59 Å². The second-order valence-corrected chi connectivity index (χ2v) is 4.83. The van der Waals surface area contributed by atoms with E-state index < -0.39 is 0 Å². The van der Waals surface area contributed by atoms with Gasteiger partial charge in [0.05, 0.1) is 0 Å². The summed E-state index contributed by atoms with van der Waals surface area (Å²) >= 11 is 0. The van der Waals surface area contributed by atoms with Crippen LogP contribution in [0, 0.1) is 0 Å². The van der Waals surface area contributed by atoms with E-state index in [-0.39, 0.29) is 17.5 Å². The van der Waals surface area contributed by atoms with Crippen molar-refractivity contribution in [3.05, 3.63) is 65.0 Å². The zero-order valence-corrected chi connectivity index (χ0v) is 12.7. The molecular formula is C17H19N3O2. The van der Waals surface area contributed by atoms with Crippen molar-refractivity contribution in [2.24, 2.45) is 0 Å². The van der Waals surface area contributed by atoms with Gasteiger partial charge in [-0.25, -0.2) is 4.98 Å². The van der Waals surface area contributed by atoms with Crippen LogP contribution in [0.3, 0.4) is 0 Å². The highest BCUT2D eigenvalue weighted by Gasteiger charge is 2.13. The van der Waals surface area contributed by atoms with Gasteiger partial charge in [0.25, 0.3) is 11.8 Å². The smallest absolute Gasteiger partial charge is 0.269 e. The maximum atomic E-state index is 12.0. The summed E-state index contributed by atoms with van der Waals surface area (Å²) in [6.07, 6.45) is 0.568. The molecule has 0 fully saturated rings. The van der Waals surface area contributed by atoms with Crippen LogP contribution in [0.15, 0.2) is 42.5 Å². The number of carbonyl (C=O) groups excluding carboxylic acids is 2. The summed E-state index contributed by atoms with van der Waals surface area (Å²) in [4.78, 5) is 28.2. The van der Waals surface area contributed by atoms with E-state index in [1.807, 2.05) is 37.3 Å². The average Bonchev–Trinajstić information content (AvgIpc) is 2.55. The van der Waals surface area contributed by atoms with Gasteiger partial charge in [0.2, 0.25) is 0 Å². The van der Waals surface area contributed by atoms with Crippen LogP contribution >= 0.6 is 0 Å². The molecule has 0 unspecified atom stereocenters. The minimum absolute atomic E-state index is 0.204. The summed E-state index contributed by atoms with van der Waals surface area (Å²) in [5.41, 5.74) is 2.46. The zero-order chi connectivity index (χ0) is 15.9. The monoisotopic (exact) mass is 297 g/mol. The lowest BCUT2D eigenvalue weighted by molar-refractivity contribution is 0.0955. The summed E-state index contributed by atoms with van der Waals surface area (Å²) in [6, 6.07) is 13.0. The van der Waals surface area contributed by atoms with Gasteiger partial charge in [0, 0.05) is 31.3 Å². The van der Waals surface area contributed by atoms with E-state index in [4.69, 9.17) is 0 Å². The summed E-state index contributed by atoms with van der Waals surface area (Å²) in [5.74, 6) is -0.509. The van der Waals surface area contributed by atoms with Crippen LogP contribution in [-0.2, 0) is 6.42 Å². The van der Waals surface area contributed by atoms with Crippen molar-refractivity contribution in [1.82, 2.24) is 15.6 Å². The Balaban J connectivity index is 2.37. The molecule has 0 saturated carbocycles. The number of nitrogens with one attached hydrogen (secondary N) is 2. The summed E-state index contributed by atoms with van der Waals surface area (Å²) < 4.78 is 0. The summed E-state index contributed by atoms with van der Waals surface area (Å²) in [6.45, 7) is 2.38. The first-order valence-electron chi connectivity index (χ1n) is 7.19. The van der Waals surface area contributed by atoms with Gasteiger partial charge in [-0.2, -0.15) is 0 Å². The largest absolute Gasteiger partial charge is 0.354 e. The van der Waals surface area contributed by atoms with Crippen LogP contribution in [0.2, 0.25) is 0 Å². The van der Waals surface area contributed by atoms with Gasteiger partial charge < -0.3 is 10.6 Å². The van der Waals surface area contributed by atoms with Crippen LogP contribution in [0.4, 0.5) is 0 Å². The first-order valence-corrected chi connectivity index (χ1v) is 7.19. The Labute approximate surface area is 129 Å². The number of amides is 2. The molecular weight excluding hydrogens is 278 g/mol. The van der Waals surface area contributed by atoms with Gasteiger partial charge in [-0.15, -0.1) is 0 Å². The minimum atomic E-state index is -0.305. The molecule has 114 valence electrons. The third-order valence-corrected chi connectivity index (χ3v) is 3.17. The lowest BCUT2D eigenvalue weighted by Gasteiger charge is -2.08. The Morgan fingerprint density at radius 3 is 2.45 bits per heavy atom. The van der Waals surface area contributed by atoms with Crippen molar-refractivity contribution in [3.8, 4) is 0 Å². The second kappa shape index (κ2) is 7.36. The predicted octanol–water partition coefficient (Wildman–Crippen LogP) is 1.78. The zero-order valence-electron chi connectivity index (χ0n) is 12.7. The topological polar surface area (TPSA) is 71.1 Å². The second-order valence-electron chi connectivity index (χ2n) is 4.83. The van der Waals surface area contributed by atoms with Crippen molar-refractivity contribution in [2.45, 2.75) is 13.3 Å². The molecule has 1 heterocycles. The molecule has 0 aliphatic heterocycles. The highest BCUT2D eigenvalue weighted by molar-refractivity contribution is 5.98. The molecule has 1 aromatic heterocycles. The average molecular weight is 297 g/mol. The maximum absolute atomic E-state index is 12.0. The number of pyridine rings is 1. The number of hydrogen-bond acceptors (Lipinski definition) is 3. The molecule has 2 aromatic rings. The number of aromatic nitrogens is 1. The Morgan fingerprint density at radius 1 is 1.09 bits per heavy atom. The van der Waals surface area contributed by atoms with Crippen LogP contribution in [-0.4, -0.2) is 30.4 Å². The summed E-state index contributed by atoms with van der Waals surface area (Å²) in [7, 11) is 1.54. The third-order valence-electron chi connectivity index (χ3n) is 3.17. The van der Waals surface area contributed by atoms with Crippen molar-refractivity contribution >= 4 is 11.8 Å². The normalized spacial score (nSPS) is 10.1. The van der Waals surface area contributed by atoms with E-state index in [1.54, 1.807) is 13.1 Å². The van der Waals surface area contributed by atoms with Crippen molar-refractivity contribution in [3.63, 3.8) is 0 Å². The lowest BCUT2D eigenvalue weighted by atomic mass is 10.1. The Kier molecular flexibility index (Phi) is 5.25. The van der Waals surface area contributed by atoms with E-state index in [0.717, 1.165) is 5.56 Å². The van der Waals surface area contributed by atoms with E-state index in [9.17, 15) is 9.59 Å². The van der Waals surface area contributed by atoms with Gasteiger partial charge in [-0.1, -0.05) is 30.3 Å². The van der Waals surface area contributed by atoms with Gasteiger partial charge in [-0.3, -0.25) is 9.59 Å². The molecule has 2 rings (SSSR count). The minimum Gasteiger partial charge on any atom is -0.354 e. The Morgan fingerprint density at radius 2 is 1.82 bits per heavy atom. The van der Waals surface area contributed by atoms with E-state index in [0.29, 0.717) is 24.2 Å². The molecule has 0 radical (unpaired) electrons. The summed E-state index contributed by atoms with van der Waals surface area (Å²) in [5, 5.41) is 5.28. The number of benzene rings is 1. The molecule has 2 amide bonds. The molecule has 5 heteroatoms. The Bertz CT molecular complexity index is 669. The van der Waals surface area contributed by atoms with Gasteiger partial charge in [0.1, 0.15) is 5.69 Å². The Hall–Kier alpha value is -2.69. The predicted molar refractivity (Wildman–Crippen MR) is 84.9 cm³/mol. The molecule has 0 spiro atoms. The van der Waals surface area contributed by atoms with Crippen LogP contribution in [0.1, 0.15) is 39.0 Å². The quantitative estimate of drug-likeness (QED) is 0.883. The van der Waals surface area contributed by atoms with E-state index >= 15 is 0 Å². The lowest BCUT2D eigenvalue weighted by Crippen LogP contribution is -2.25. The van der Waals surface area contributed by atoms with Crippen LogP contribution in [0.25, 0.3) is 0 Å². The van der Waals surface area contributed by atoms with E-state index in [1.165, 1.54) is 6.07 Å². The van der Waals surface area contributed by atoms with Crippen molar-refractivity contribution in [2.75, 3.05) is 13.6 Å². The molecule has 0 aliphatic carbocycles. The fraction of sp³-hybridized carbons (Fsp3) is 0.235. The number of rotatable bonds is 5. The number of carbonyl (C=O) groups is 2. The first kappa shape index (κ1) is 15.7. The fourth-order valence-electron chi connectivity index (χ4n) is 2.12. The molecule has 0 atom stereocenters. The van der Waals surface area contributed by atoms with Gasteiger partial charge >= 0.3 is 0 Å². The molecule has 0 saturated heterocycles. The van der Waals surface area contributed by atoms with Crippen molar-refractivity contribution in [1.29, 1.82) is 0 Å². The molecule has 0 aliphatic rings. The SMILES string of the molecule is CCNC(=O)c1cc(Cc2ccccc2)nc(C(=O)NC)c1. The third kappa shape index (κ3) is 3.91. The molecule has 1 aromatic carbocycles. The highest BCUT2D eigenvalue weighted by atomic mass is 16.2. The molecule has 0 bridgehead atoms. The van der Waals surface area contributed by atoms with Gasteiger partial charge in [-0.05, 0) is 24.6 Å².